The lowest BCUT2D eigenvalue weighted by Gasteiger charge is -2.33. The first kappa shape index (κ1) is 14.9. The first-order valence-electron chi connectivity index (χ1n) is 8.83. The van der Waals surface area contributed by atoms with Crippen molar-refractivity contribution in [2.45, 2.75) is 19.4 Å². The van der Waals surface area contributed by atoms with Crippen LogP contribution in [0.3, 0.4) is 0 Å². The zero-order valence-electron chi connectivity index (χ0n) is 14.0. The van der Waals surface area contributed by atoms with Gasteiger partial charge in [0.2, 0.25) is 0 Å². The number of pyridine rings is 1. The van der Waals surface area contributed by atoms with Gasteiger partial charge in [0.1, 0.15) is 5.82 Å². The average molecular weight is 310 g/mol. The Kier molecular flexibility index (Phi) is 4.19. The van der Waals surface area contributed by atoms with E-state index in [1.807, 2.05) is 0 Å². The molecule has 0 bridgehead atoms. The molecule has 2 aliphatic rings. The maximum atomic E-state index is 4.89. The van der Waals surface area contributed by atoms with Crippen molar-refractivity contribution >= 4 is 16.7 Å². The van der Waals surface area contributed by atoms with Crippen LogP contribution in [-0.4, -0.2) is 61.1 Å². The number of rotatable bonds is 3. The molecule has 122 valence electrons. The number of piperazine rings is 1. The first-order chi connectivity index (χ1) is 11.3. The zero-order chi connectivity index (χ0) is 15.6. The summed E-state index contributed by atoms with van der Waals surface area (Å²) in [4.78, 5) is 12.2. The van der Waals surface area contributed by atoms with E-state index in [9.17, 15) is 0 Å². The molecule has 0 atom stereocenters. The maximum Gasteiger partial charge on any atom is 0.129 e. The minimum atomic E-state index is 1.07. The minimum Gasteiger partial charge on any atom is -0.354 e. The molecule has 3 heterocycles. The number of benzene rings is 1. The van der Waals surface area contributed by atoms with Gasteiger partial charge in [0.05, 0.1) is 5.52 Å². The van der Waals surface area contributed by atoms with Gasteiger partial charge < -0.3 is 9.80 Å². The van der Waals surface area contributed by atoms with E-state index in [1.165, 1.54) is 36.9 Å². The van der Waals surface area contributed by atoms with Crippen molar-refractivity contribution in [1.82, 2.24) is 14.8 Å². The summed E-state index contributed by atoms with van der Waals surface area (Å²) < 4.78 is 0. The fraction of sp³-hybridized carbons (Fsp3) is 0.526. The van der Waals surface area contributed by atoms with Crippen LogP contribution in [0.25, 0.3) is 10.9 Å². The van der Waals surface area contributed by atoms with Crippen molar-refractivity contribution in [2.75, 3.05) is 51.2 Å². The van der Waals surface area contributed by atoms with Gasteiger partial charge in [0.15, 0.2) is 0 Å². The van der Waals surface area contributed by atoms with E-state index in [0.29, 0.717) is 0 Å². The molecule has 4 rings (SSSR count). The molecular formula is C19H26N4. The largest absolute Gasteiger partial charge is 0.354 e. The Morgan fingerprint density at radius 3 is 2.48 bits per heavy atom. The van der Waals surface area contributed by atoms with Gasteiger partial charge in [-0.3, -0.25) is 4.90 Å². The second kappa shape index (κ2) is 6.46. The normalized spacial score (nSPS) is 20.5. The van der Waals surface area contributed by atoms with E-state index in [0.717, 1.165) is 44.1 Å². The summed E-state index contributed by atoms with van der Waals surface area (Å²) in [5.41, 5.74) is 2.53. The molecular weight excluding hydrogens is 284 g/mol. The standard InChI is InChI=1S/C19H26N4/c1-21-10-12-23(13-11-21)19-7-5-17-14-16(4-6-18(17)20-19)15-22-8-2-3-9-22/h4-7,14H,2-3,8-13,15H2,1H3. The molecule has 4 heteroatoms. The van der Waals surface area contributed by atoms with Crippen LogP contribution in [0.4, 0.5) is 5.82 Å². The second-order valence-electron chi connectivity index (χ2n) is 6.97. The van der Waals surface area contributed by atoms with Crippen molar-refractivity contribution in [1.29, 1.82) is 0 Å². The lowest BCUT2D eigenvalue weighted by Crippen LogP contribution is -2.44. The van der Waals surface area contributed by atoms with Gasteiger partial charge in [0.25, 0.3) is 0 Å². The summed E-state index contributed by atoms with van der Waals surface area (Å²) >= 11 is 0. The van der Waals surface area contributed by atoms with E-state index < -0.39 is 0 Å². The SMILES string of the molecule is CN1CCN(c2ccc3cc(CN4CCCC4)ccc3n2)CC1. The highest BCUT2D eigenvalue weighted by Crippen LogP contribution is 2.22. The molecule has 0 spiro atoms. The molecule has 2 aliphatic heterocycles. The van der Waals surface area contributed by atoms with Crippen molar-refractivity contribution in [2.24, 2.45) is 0 Å². The molecule has 1 aromatic heterocycles. The highest BCUT2D eigenvalue weighted by molar-refractivity contribution is 5.81. The van der Waals surface area contributed by atoms with Crippen LogP contribution in [-0.2, 0) is 6.54 Å². The van der Waals surface area contributed by atoms with Crippen LogP contribution < -0.4 is 4.90 Å². The monoisotopic (exact) mass is 310 g/mol. The lowest BCUT2D eigenvalue weighted by atomic mass is 10.1. The Hall–Kier alpha value is -1.65. The lowest BCUT2D eigenvalue weighted by molar-refractivity contribution is 0.312. The predicted octanol–water partition coefficient (Wildman–Crippen LogP) is 2.58. The molecule has 0 unspecified atom stereocenters. The van der Waals surface area contributed by atoms with E-state index in [2.05, 4.69) is 52.1 Å². The summed E-state index contributed by atoms with van der Waals surface area (Å²) in [5.74, 6) is 1.12. The fourth-order valence-electron chi connectivity index (χ4n) is 3.67. The maximum absolute atomic E-state index is 4.89. The molecule has 1 aromatic carbocycles. The number of fused-ring (bicyclic) bond motifs is 1. The highest BCUT2D eigenvalue weighted by Gasteiger charge is 2.16. The predicted molar refractivity (Wildman–Crippen MR) is 96.0 cm³/mol. The van der Waals surface area contributed by atoms with Crippen molar-refractivity contribution in [3.63, 3.8) is 0 Å². The average Bonchev–Trinajstić information content (AvgIpc) is 3.08. The van der Waals surface area contributed by atoms with Gasteiger partial charge in [-0.05, 0) is 62.8 Å². The van der Waals surface area contributed by atoms with E-state index in [-0.39, 0.29) is 0 Å². The van der Waals surface area contributed by atoms with Crippen LogP contribution >= 0.6 is 0 Å². The van der Waals surface area contributed by atoms with Crippen LogP contribution in [0.2, 0.25) is 0 Å². The number of nitrogens with zero attached hydrogens (tertiary/aromatic N) is 4. The molecule has 0 radical (unpaired) electrons. The second-order valence-corrected chi connectivity index (χ2v) is 6.97. The van der Waals surface area contributed by atoms with Crippen LogP contribution in [0.5, 0.6) is 0 Å². The third-order valence-electron chi connectivity index (χ3n) is 5.17. The number of hydrogen-bond donors (Lipinski definition) is 0. The number of hydrogen-bond acceptors (Lipinski definition) is 4. The third-order valence-corrected chi connectivity index (χ3v) is 5.17. The summed E-state index contributed by atoms with van der Waals surface area (Å²) in [6.07, 6.45) is 2.70. The zero-order valence-corrected chi connectivity index (χ0v) is 14.0. The smallest absolute Gasteiger partial charge is 0.129 e. The van der Waals surface area contributed by atoms with Crippen molar-refractivity contribution < 1.29 is 0 Å². The molecule has 0 N–H and O–H groups in total. The van der Waals surface area contributed by atoms with Gasteiger partial charge in [-0.25, -0.2) is 4.98 Å². The summed E-state index contributed by atoms with van der Waals surface area (Å²) in [7, 11) is 2.19. The van der Waals surface area contributed by atoms with Gasteiger partial charge >= 0.3 is 0 Å². The number of anilines is 1. The Morgan fingerprint density at radius 2 is 1.70 bits per heavy atom. The molecule has 0 amide bonds. The summed E-state index contributed by atoms with van der Waals surface area (Å²) in [6, 6.07) is 11.2. The molecule has 0 aliphatic carbocycles. The van der Waals surface area contributed by atoms with Crippen LogP contribution in [0.1, 0.15) is 18.4 Å². The number of likely N-dealkylation sites (tertiary alicyclic amines) is 1. The summed E-state index contributed by atoms with van der Waals surface area (Å²) in [6.45, 7) is 7.96. The number of likely N-dealkylation sites (N-methyl/N-ethyl adjacent to an activating group) is 1. The van der Waals surface area contributed by atoms with Gasteiger partial charge in [-0.2, -0.15) is 0 Å². The van der Waals surface area contributed by atoms with Gasteiger partial charge in [-0.15, -0.1) is 0 Å². The molecule has 23 heavy (non-hydrogen) atoms. The van der Waals surface area contributed by atoms with Gasteiger partial charge in [0, 0.05) is 38.1 Å². The van der Waals surface area contributed by atoms with Crippen molar-refractivity contribution in [3.8, 4) is 0 Å². The van der Waals surface area contributed by atoms with Gasteiger partial charge in [-0.1, -0.05) is 6.07 Å². The minimum absolute atomic E-state index is 1.07. The molecule has 2 fully saturated rings. The Labute approximate surface area is 138 Å². The van der Waals surface area contributed by atoms with Crippen LogP contribution in [0, 0.1) is 0 Å². The Bertz CT molecular complexity index is 670. The van der Waals surface area contributed by atoms with E-state index >= 15 is 0 Å². The highest BCUT2D eigenvalue weighted by atomic mass is 15.3. The van der Waals surface area contributed by atoms with Crippen LogP contribution in [0.15, 0.2) is 30.3 Å². The third kappa shape index (κ3) is 3.33. The molecule has 2 aromatic rings. The number of aromatic nitrogens is 1. The Balaban J connectivity index is 1.52. The van der Waals surface area contributed by atoms with Crippen molar-refractivity contribution in [3.05, 3.63) is 35.9 Å². The molecule has 4 nitrogen and oxygen atoms in total. The fourth-order valence-corrected chi connectivity index (χ4v) is 3.67. The topological polar surface area (TPSA) is 22.6 Å². The molecule has 2 saturated heterocycles. The Morgan fingerprint density at radius 1 is 0.913 bits per heavy atom. The first-order valence-corrected chi connectivity index (χ1v) is 8.83. The summed E-state index contributed by atoms with van der Waals surface area (Å²) in [5, 5.41) is 1.26. The molecule has 0 saturated carbocycles. The van der Waals surface area contributed by atoms with E-state index in [4.69, 9.17) is 4.98 Å². The van der Waals surface area contributed by atoms with E-state index in [1.54, 1.807) is 0 Å². The quantitative estimate of drug-likeness (QED) is 0.869.